The molecule has 0 saturated carbocycles. The van der Waals surface area contributed by atoms with Gasteiger partial charge in [0.2, 0.25) is 0 Å². The Kier molecular flexibility index (Phi) is 5.35. The molecule has 3 nitrogen and oxygen atoms in total. The predicted octanol–water partition coefficient (Wildman–Crippen LogP) is 1.82. The maximum atomic E-state index is 13.6. The van der Waals surface area contributed by atoms with Gasteiger partial charge in [-0.25, -0.2) is 4.39 Å². The minimum absolute atomic E-state index is 0.0259. The molecule has 0 aliphatic carbocycles. The summed E-state index contributed by atoms with van der Waals surface area (Å²) in [6.07, 6.45) is 3.94. The summed E-state index contributed by atoms with van der Waals surface area (Å²) in [4.78, 5) is 5.82. The van der Waals surface area contributed by atoms with Gasteiger partial charge in [-0.3, -0.25) is 4.98 Å². The molecule has 0 saturated heterocycles. The van der Waals surface area contributed by atoms with Crippen molar-refractivity contribution in [3.8, 4) is 0 Å². The molecule has 1 aromatic heterocycles. The number of hydrogen-bond acceptors (Lipinski definition) is 3. The molecule has 1 atom stereocenters. The summed E-state index contributed by atoms with van der Waals surface area (Å²) in [5.74, 6) is -0.238. The second-order valence-corrected chi connectivity index (χ2v) is 4.17. The molecule has 16 heavy (non-hydrogen) atoms. The van der Waals surface area contributed by atoms with Crippen molar-refractivity contribution in [2.45, 2.75) is 19.4 Å². The second kappa shape index (κ2) is 6.55. The Balaban J connectivity index is 2.78. The molecular weight excluding hydrogens is 205 g/mol. The van der Waals surface area contributed by atoms with Crippen molar-refractivity contribution in [1.82, 2.24) is 15.2 Å². The Bertz CT molecular complexity index is 315. The SMILES string of the molecule is CCCNC(CN(C)C)c1ccncc1F. The lowest BCUT2D eigenvalue weighted by Gasteiger charge is -2.22. The number of nitrogens with zero attached hydrogens (tertiary/aromatic N) is 2. The van der Waals surface area contributed by atoms with Gasteiger partial charge in [0.05, 0.1) is 6.20 Å². The van der Waals surface area contributed by atoms with E-state index in [1.54, 1.807) is 12.3 Å². The summed E-state index contributed by atoms with van der Waals surface area (Å²) in [6, 6.07) is 1.77. The number of likely N-dealkylation sites (N-methyl/N-ethyl adjacent to an activating group) is 1. The van der Waals surface area contributed by atoms with E-state index in [0.717, 1.165) is 19.5 Å². The van der Waals surface area contributed by atoms with Crippen molar-refractivity contribution >= 4 is 0 Å². The smallest absolute Gasteiger partial charge is 0.146 e. The molecule has 1 N–H and O–H groups in total. The highest BCUT2D eigenvalue weighted by Crippen LogP contribution is 2.16. The molecule has 4 heteroatoms. The first-order valence-electron chi connectivity index (χ1n) is 5.62. The number of hydrogen-bond donors (Lipinski definition) is 1. The molecule has 90 valence electrons. The second-order valence-electron chi connectivity index (χ2n) is 4.17. The number of pyridine rings is 1. The molecule has 0 amide bonds. The molecule has 0 spiro atoms. The van der Waals surface area contributed by atoms with Gasteiger partial charge >= 0.3 is 0 Å². The fraction of sp³-hybridized carbons (Fsp3) is 0.583. The topological polar surface area (TPSA) is 28.2 Å². The van der Waals surface area contributed by atoms with Gasteiger partial charge in [-0.1, -0.05) is 6.92 Å². The van der Waals surface area contributed by atoms with Crippen LogP contribution in [0, 0.1) is 5.82 Å². The number of rotatable bonds is 6. The summed E-state index contributed by atoms with van der Waals surface area (Å²) in [5.41, 5.74) is 0.692. The van der Waals surface area contributed by atoms with Crippen LogP contribution < -0.4 is 5.32 Å². The quantitative estimate of drug-likeness (QED) is 0.800. The van der Waals surface area contributed by atoms with Crippen LogP contribution in [0.4, 0.5) is 4.39 Å². The van der Waals surface area contributed by atoms with Gasteiger partial charge in [0.15, 0.2) is 0 Å². The maximum absolute atomic E-state index is 13.6. The monoisotopic (exact) mass is 225 g/mol. The van der Waals surface area contributed by atoms with Crippen molar-refractivity contribution in [2.75, 3.05) is 27.2 Å². The Labute approximate surface area is 96.7 Å². The Morgan fingerprint density at radius 2 is 2.25 bits per heavy atom. The van der Waals surface area contributed by atoms with Gasteiger partial charge in [-0.2, -0.15) is 0 Å². The molecule has 0 aliphatic rings. The summed E-state index contributed by atoms with van der Waals surface area (Å²) in [5, 5.41) is 3.35. The first-order valence-corrected chi connectivity index (χ1v) is 5.62. The zero-order valence-corrected chi connectivity index (χ0v) is 10.2. The third-order valence-electron chi connectivity index (χ3n) is 2.37. The summed E-state index contributed by atoms with van der Waals surface area (Å²) in [7, 11) is 3.97. The van der Waals surface area contributed by atoms with Crippen LogP contribution in [0.1, 0.15) is 24.9 Å². The largest absolute Gasteiger partial charge is 0.309 e. The minimum atomic E-state index is -0.238. The molecular formula is C12H20FN3. The van der Waals surface area contributed by atoms with Gasteiger partial charge in [0.1, 0.15) is 5.82 Å². The van der Waals surface area contributed by atoms with Crippen LogP contribution in [0.5, 0.6) is 0 Å². The van der Waals surface area contributed by atoms with Crippen LogP contribution in [0.25, 0.3) is 0 Å². The van der Waals surface area contributed by atoms with Gasteiger partial charge < -0.3 is 10.2 Å². The van der Waals surface area contributed by atoms with E-state index < -0.39 is 0 Å². The van der Waals surface area contributed by atoms with Crippen molar-refractivity contribution in [3.63, 3.8) is 0 Å². The molecule has 1 rings (SSSR count). The lowest BCUT2D eigenvalue weighted by molar-refractivity contribution is 0.336. The highest BCUT2D eigenvalue weighted by molar-refractivity contribution is 5.17. The van der Waals surface area contributed by atoms with E-state index in [1.807, 2.05) is 19.0 Å². The fourth-order valence-corrected chi connectivity index (χ4v) is 1.63. The average Bonchev–Trinajstić information content (AvgIpc) is 2.24. The third-order valence-corrected chi connectivity index (χ3v) is 2.37. The van der Waals surface area contributed by atoms with Crippen LogP contribution in [0.3, 0.4) is 0 Å². The van der Waals surface area contributed by atoms with E-state index in [9.17, 15) is 4.39 Å². The average molecular weight is 225 g/mol. The Morgan fingerprint density at radius 1 is 1.50 bits per heavy atom. The summed E-state index contributed by atoms with van der Waals surface area (Å²) in [6.45, 7) is 3.77. The molecule has 1 unspecified atom stereocenters. The summed E-state index contributed by atoms with van der Waals surface area (Å²) >= 11 is 0. The minimum Gasteiger partial charge on any atom is -0.309 e. The zero-order chi connectivity index (χ0) is 12.0. The van der Waals surface area contributed by atoms with Crippen LogP contribution >= 0.6 is 0 Å². The third kappa shape index (κ3) is 3.87. The highest BCUT2D eigenvalue weighted by Gasteiger charge is 2.15. The van der Waals surface area contributed by atoms with Crippen molar-refractivity contribution < 1.29 is 4.39 Å². The number of aromatic nitrogens is 1. The number of halogens is 1. The standard InChI is InChI=1S/C12H20FN3/c1-4-6-15-12(9-16(2)3)10-5-7-14-8-11(10)13/h5,7-8,12,15H,4,6,9H2,1-3H3. The predicted molar refractivity (Wildman–Crippen MR) is 63.8 cm³/mol. The van der Waals surface area contributed by atoms with Gasteiger partial charge in [-0.05, 0) is 33.1 Å². The Hall–Kier alpha value is -1.00. The highest BCUT2D eigenvalue weighted by atomic mass is 19.1. The van der Waals surface area contributed by atoms with Gasteiger partial charge in [0.25, 0.3) is 0 Å². The molecule has 1 aromatic rings. The Morgan fingerprint density at radius 3 is 2.81 bits per heavy atom. The van der Waals surface area contributed by atoms with Crippen LogP contribution in [-0.4, -0.2) is 37.1 Å². The molecule has 1 heterocycles. The van der Waals surface area contributed by atoms with Crippen LogP contribution in [0.2, 0.25) is 0 Å². The van der Waals surface area contributed by atoms with Crippen molar-refractivity contribution in [1.29, 1.82) is 0 Å². The molecule has 0 aliphatic heterocycles. The zero-order valence-electron chi connectivity index (χ0n) is 10.2. The summed E-state index contributed by atoms with van der Waals surface area (Å²) < 4.78 is 13.6. The molecule has 0 aromatic carbocycles. The van der Waals surface area contributed by atoms with Gasteiger partial charge in [0, 0.05) is 24.3 Å². The first-order chi connectivity index (χ1) is 7.65. The van der Waals surface area contributed by atoms with Crippen LogP contribution in [-0.2, 0) is 0 Å². The van der Waals surface area contributed by atoms with Gasteiger partial charge in [-0.15, -0.1) is 0 Å². The molecule has 0 bridgehead atoms. The number of nitrogens with one attached hydrogen (secondary N) is 1. The van der Waals surface area contributed by atoms with Crippen molar-refractivity contribution in [3.05, 3.63) is 29.8 Å². The molecule has 0 radical (unpaired) electrons. The van der Waals surface area contributed by atoms with Crippen molar-refractivity contribution in [2.24, 2.45) is 0 Å². The molecule has 0 fully saturated rings. The van der Waals surface area contributed by atoms with E-state index in [4.69, 9.17) is 0 Å². The van der Waals surface area contributed by atoms with E-state index in [2.05, 4.69) is 17.2 Å². The lowest BCUT2D eigenvalue weighted by atomic mass is 10.1. The van der Waals surface area contributed by atoms with Crippen LogP contribution in [0.15, 0.2) is 18.5 Å². The first kappa shape index (κ1) is 13.1. The van der Waals surface area contributed by atoms with E-state index in [-0.39, 0.29) is 11.9 Å². The maximum Gasteiger partial charge on any atom is 0.146 e. The fourth-order valence-electron chi connectivity index (χ4n) is 1.63. The van der Waals surface area contributed by atoms with E-state index in [1.165, 1.54) is 6.20 Å². The van der Waals surface area contributed by atoms with E-state index in [0.29, 0.717) is 5.56 Å². The lowest BCUT2D eigenvalue weighted by Crippen LogP contribution is -2.32. The normalized spacial score (nSPS) is 13.1. The van der Waals surface area contributed by atoms with E-state index >= 15 is 0 Å².